The molecule has 4 aliphatic carbocycles. The molecule has 4 aliphatic rings. The minimum Gasteiger partial charge on any atom is -0.461 e. The largest absolute Gasteiger partial charge is 0.461 e. The molecule has 0 aliphatic heterocycles. The second-order valence-electron chi connectivity index (χ2n) is 8.74. The molecule has 26 heavy (non-hydrogen) atoms. The number of benzene rings is 1. The SMILES string of the molecule is Cc1oc(-c2ccc(Cl)cc2)cc1C(=O)NC12CC3CC(CC(C3)C1)C2. The van der Waals surface area contributed by atoms with Gasteiger partial charge in [0.1, 0.15) is 11.5 Å². The van der Waals surface area contributed by atoms with Crippen LogP contribution in [0.15, 0.2) is 34.7 Å². The summed E-state index contributed by atoms with van der Waals surface area (Å²) in [5.41, 5.74) is 1.62. The summed E-state index contributed by atoms with van der Waals surface area (Å²) in [5.74, 6) is 3.87. The molecule has 1 N–H and O–H groups in total. The molecular formula is C22H24ClNO2. The Morgan fingerprint density at radius 2 is 1.65 bits per heavy atom. The first-order valence-electron chi connectivity index (χ1n) is 9.68. The summed E-state index contributed by atoms with van der Waals surface area (Å²) in [4.78, 5) is 13.1. The fraction of sp³-hybridized carbons (Fsp3) is 0.500. The third kappa shape index (κ3) is 2.77. The van der Waals surface area contributed by atoms with E-state index in [9.17, 15) is 4.79 Å². The zero-order chi connectivity index (χ0) is 17.9. The summed E-state index contributed by atoms with van der Waals surface area (Å²) in [6.45, 7) is 1.87. The minimum absolute atomic E-state index is 0.0217. The average Bonchev–Trinajstić information content (AvgIpc) is 2.96. The molecule has 4 saturated carbocycles. The predicted molar refractivity (Wildman–Crippen MR) is 102 cm³/mol. The van der Waals surface area contributed by atoms with E-state index in [4.69, 9.17) is 16.0 Å². The van der Waals surface area contributed by atoms with E-state index < -0.39 is 0 Å². The fourth-order valence-electron chi connectivity index (χ4n) is 6.04. The number of aryl methyl sites for hydroxylation is 1. The Labute approximate surface area is 159 Å². The monoisotopic (exact) mass is 369 g/mol. The molecule has 0 saturated heterocycles. The Morgan fingerprint density at radius 3 is 2.23 bits per heavy atom. The average molecular weight is 370 g/mol. The van der Waals surface area contributed by atoms with Gasteiger partial charge in [0.15, 0.2) is 0 Å². The van der Waals surface area contributed by atoms with Gasteiger partial charge in [-0.25, -0.2) is 0 Å². The van der Waals surface area contributed by atoms with Gasteiger partial charge in [-0.3, -0.25) is 4.79 Å². The highest BCUT2D eigenvalue weighted by Crippen LogP contribution is 2.55. The van der Waals surface area contributed by atoms with Crippen LogP contribution in [0.3, 0.4) is 0 Å². The number of halogens is 1. The van der Waals surface area contributed by atoms with Crippen LogP contribution in [0.4, 0.5) is 0 Å². The predicted octanol–water partition coefficient (Wildman–Crippen LogP) is 5.61. The van der Waals surface area contributed by atoms with Crippen LogP contribution in [0.25, 0.3) is 11.3 Å². The van der Waals surface area contributed by atoms with Gasteiger partial charge in [-0.2, -0.15) is 0 Å². The van der Waals surface area contributed by atoms with Crippen molar-refractivity contribution < 1.29 is 9.21 Å². The van der Waals surface area contributed by atoms with Crippen molar-refractivity contribution in [2.75, 3.05) is 0 Å². The highest BCUT2D eigenvalue weighted by Gasteiger charge is 2.51. The second-order valence-corrected chi connectivity index (χ2v) is 9.18. The number of nitrogens with one attached hydrogen (secondary N) is 1. The summed E-state index contributed by atoms with van der Waals surface area (Å²) in [5, 5.41) is 4.13. The highest BCUT2D eigenvalue weighted by atomic mass is 35.5. The zero-order valence-corrected chi connectivity index (χ0v) is 15.8. The van der Waals surface area contributed by atoms with E-state index in [-0.39, 0.29) is 11.4 Å². The minimum atomic E-state index is 0.0217. The first-order chi connectivity index (χ1) is 12.5. The van der Waals surface area contributed by atoms with E-state index in [1.165, 1.54) is 19.3 Å². The molecule has 1 amide bonds. The molecule has 1 aromatic heterocycles. The smallest absolute Gasteiger partial charge is 0.255 e. The molecular weight excluding hydrogens is 346 g/mol. The molecule has 0 atom stereocenters. The quantitative estimate of drug-likeness (QED) is 0.764. The number of amides is 1. The van der Waals surface area contributed by atoms with Crippen molar-refractivity contribution in [1.82, 2.24) is 5.32 Å². The standard InChI is InChI=1S/C22H24ClNO2/c1-13-19(9-20(26-13)17-2-4-18(23)5-3-17)21(25)24-22-10-14-6-15(11-22)8-16(7-14)12-22/h2-5,9,14-16H,6-8,10-12H2,1H3,(H,24,25). The van der Waals surface area contributed by atoms with Crippen molar-refractivity contribution in [1.29, 1.82) is 0 Å². The van der Waals surface area contributed by atoms with Gasteiger partial charge in [0.05, 0.1) is 5.56 Å². The Morgan fingerprint density at radius 1 is 1.08 bits per heavy atom. The topological polar surface area (TPSA) is 42.2 Å². The molecule has 1 heterocycles. The van der Waals surface area contributed by atoms with Crippen LogP contribution in [0.2, 0.25) is 5.02 Å². The van der Waals surface area contributed by atoms with E-state index in [2.05, 4.69) is 5.32 Å². The Kier molecular flexibility index (Phi) is 3.72. The Bertz CT molecular complexity index is 816. The Balaban J connectivity index is 1.38. The summed E-state index contributed by atoms with van der Waals surface area (Å²) >= 11 is 5.96. The molecule has 4 fully saturated rings. The van der Waals surface area contributed by atoms with Crippen LogP contribution in [-0.2, 0) is 0 Å². The lowest BCUT2D eigenvalue weighted by Gasteiger charge is -2.56. The molecule has 6 rings (SSSR count). The van der Waals surface area contributed by atoms with E-state index in [0.717, 1.165) is 48.3 Å². The molecule has 1 aromatic carbocycles. The van der Waals surface area contributed by atoms with Crippen molar-refractivity contribution in [3.63, 3.8) is 0 Å². The van der Waals surface area contributed by atoms with Crippen molar-refractivity contribution >= 4 is 17.5 Å². The molecule has 0 unspecified atom stereocenters. The number of hydrogen-bond donors (Lipinski definition) is 1. The maximum Gasteiger partial charge on any atom is 0.255 e. The van der Waals surface area contributed by atoms with Crippen LogP contribution < -0.4 is 5.32 Å². The first kappa shape index (κ1) is 16.4. The normalized spacial score (nSPS) is 32.0. The van der Waals surface area contributed by atoms with E-state index in [1.807, 2.05) is 37.3 Å². The maximum atomic E-state index is 13.1. The molecule has 4 heteroatoms. The van der Waals surface area contributed by atoms with E-state index >= 15 is 0 Å². The number of carbonyl (C=O) groups excluding carboxylic acids is 1. The summed E-state index contributed by atoms with van der Waals surface area (Å²) < 4.78 is 5.88. The lowest BCUT2D eigenvalue weighted by molar-refractivity contribution is -0.0167. The fourth-order valence-corrected chi connectivity index (χ4v) is 6.16. The van der Waals surface area contributed by atoms with Crippen molar-refractivity contribution in [2.45, 2.75) is 51.0 Å². The van der Waals surface area contributed by atoms with Crippen LogP contribution in [0.1, 0.15) is 54.6 Å². The molecule has 2 aromatic rings. The van der Waals surface area contributed by atoms with Gasteiger partial charge in [-0.15, -0.1) is 0 Å². The number of furan rings is 1. The van der Waals surface area contributed by atoms with Crippen LogP contribution in [-0.4, -0.2) is 11.4 Å². The van der Waals surface area contributed by atoms with Gasteiger partial charge in [0, 0.05) is 16.1 Å². The van der Waals surface area contributed by atoms with Gasteiger partial charge in [0.25, 0.3) is 5.91 Å². The van der Waals surface area contributed by atoms with Gasteiger partial charge in [-0.1, -0.05) is 11.6 Å². The third-order valence-electron chi connectivity index (χ3n) is 6.71. The zero-order valence-electron chi connectivity index (χ0n) is 15.1. The summed E-state index contributed by atoms with van der Waals surface area (Å²) in [6.07, 6.45) is 7.60. The van der Waals surface area contributed by atoms with Gasteiger partial charge >= 0.3 is 0 Å². The van der Waals surface area contributed by atoms with Gasteiger partial charge < -0.3 is 9.73 Å². The molecule has 4 bridgehead atoms. The molecule has 136 valence electrons. The van der Waals surface area contributed by atoms with Gasteiger partial charge in [-0.05, 0) is 93.5 Å². The number of carbonyl (C=O) groups is 1. The first-order valence-corrected chi connectivity index (χ1v) is 10.1. The maximum absolute atomic E-state index is 13.1. The summed E-state index contributed by atoms with van der Waals surface area (Å²) in [7, 11) is 0. The lowest BCUT2D eigenvalue weighted by atomic mass is 9.53. The lowest BCUT2D eigenvalue weighted by Crippen LogP contribution is -2.59. The Hall–Kier alpha value is -1.74. The van der Waals surface area contributed by atoms with E-state index in [1.54, 1.807) is 0 Å². The van der Waals surface area contributed by atoms with E-state index in [0.29, 0.717) is 16.3 Å². The molecule has 3 nitrogen and oxygen atoms in total. The number of hydrogen-bond acceptors (Lipinski definition) is 2. The highest BCUT2D eigenvalue weighted by molar-refractivity contribution is 6.30. The molecule has 0 spiro atoms. The van der Waals surface area contributed by atoms with Crippen molar-refractivity contribution in [3.8, 4) is 11.3 Å². The molecule has 0 radical (unpaired) electrons. The summed E-state index contributed by atoms with van der Waals surface area (Å²) in [6, 6.07) is 9.38. The van der Waals surface area contributed by atoms with Crippen LogP contribution in [0.5, 0.6) is 0 Å². The van der Waals surface area contributed by atoms with Crippen LogP contribution in [0, 0.1) is 24.7 Å². The third-order valence-corrected chi connectivity index (χ3v) is 6.96. The number of rotatable bonds is 3. The van der Waals surface area contributed by atoms with Crippen LogP contribution >= 0.6 is 11.6 Å². The van der Waals surface area contributed by atoms with Crippen molar-refractivity contribution in [2.24, 2.45) is 17.8 Å². The van der Waals surface area contributed by atoms with Crippen molar-refractivity contribution in [3.05, 3.63) is 46.7 Å². The second kappa shape index (κ2) is 5.88. The van der Waals surface area contributed by atoms with Gasteiger partial charge in [0.2, 0.25) is 0 Å².